The topological polar surface area (TPSA) is 59.5 Å². The van der Waals surface area contributed by atoms with Crippen molar-refractivity contribution in [3.8, 4) is 0 Å². The molecule has 0 spiro atoms. The second-order valence-corrected chi connectivity index (χ2v) is 4.70. The summed E-state index contributed by atoms with van der Waals surface area (Å²) in [6.07, 6.45) is -0.388. The first-order valence-electron chi connectivity index (χ1n) is 5.94. The fraction of sp³-hybridized carbons (Fsp3) is 0.143. The number of aromatic amines is 1. The van der Waals surface area contributed by atoms with Crippen LogP contribution in [0, 0.1) is 0 Å². The first-order valence-corrected chi connectivity index (χ1v) is 5.94. The minimum absolute atomic E-state index is 0.460. The van der Waals surface area contributed by atoms with E-state index >= 15 is 0 Å². The Morgan fingerprint density at radius 2 is 1.94 bits per heavy atom. The van der Waals surface area contributed by atoms with Gasteiger partial charge in [-0.25, -0.2) is 5.06 Å². The summed E-state index contributed by atoms with van der Waals surface area (Å²) in [6.45, 7) is 0. The second kappa shape index (κ2) is 3.25. The lowest BCUT2D eigenvalue weighted by Gasteiger charge is -2.15. The van der Waals surface area contributed by atoms with Crippen molar-refractivity contribution in [2.75, 3.05) is 5.06 Å². The van der Waals surface area contributed by atoms with E-state index in [0.29, 0.717) is 6.42 Å². The lowest BCUT2D eigenvalue weighted by Crippen LogP contribution is -2.27. The zero-order valence-electron chi connectivity index (χ0n) is 9.59. The van der Waals surface area contributed by atoms with Crippen LogP contribution in [0.3, 0.4) is 0 Å². The van der Waals surface area contributed by atoms with Gasteiger partial charge in [-0.1, -0.05) is 24.3 Å². The Balaban J connectivity index is 2.20. The highest BCUT2D eigenvalue weighted by Crippen LogP contribution is 2.40. The molecule has 0 bridgehead atoms. The van der Waals surface area contributed by atoms with Gasteiger partial charge in [0.25, 0.3) is 0 Å². The third-order valence-corrected chi connectivity index (χ3v) is 3.64. The van der Waals surface area contributed by atoms with Crippen LogP contribution in [0.1, 0.15) is 5.56 Å². The van der Waals surface area contributed by atoms with Crippen LogP contribution >= 0.6 is 0 Å². The molecule has 4 rings (SSSR count). The molecule has 90 valence electrons. The first-order chi connectivity index (χ1) is 8.75. The molecular formula is C14H12N2O2. The Hall–Kier alpha value is -2.04. The Bertz CT molecular complexity index is 763. The number of para-hydroxylation sites is 1. The number of benzene rings is 2. The van der Waals surface area contributed by atoms with E-state index < -0.39 is 6.23 Å². The third kappa shape index (κ3) is 1.11. The second-order valence-electron chi connectivity index (χ2n) is 4.70. The highest BCUT2D eigenvalue weighted by molar-refractivity contribution is 6.14. The van der Waals surface area contributed by atoms with E-state index in [1.807, 2.05) is 36.4 Å². The number of hydrogen-bond acceptors (Lipinski definition) is 3. The van der Waals surface area contributed by atoms with Crippen LogP contribution in [0.4, 0.5) is 5.69 Å². The van der Waals surface area contributed by atoms with Gasteiger partial charge in [0.1, 0.15) is 0 Å². The van der Waals surface area contributed by atoms with E-state index in [1.54, 1.807) is 0 Å². The third-order valence-electron chi connectivity index (χ3n) is 3.64. The number of rotatable bonds is 0. The van der Waals surface area contributed by atoms with E-state index in [-0.39, 0.29) is 0 Å². The number of hydrogen-bond donors (Lipinski definition) is 3. The fourth-order valence-corrected chi connectivity index (χ4v) is 2.82. The highest BCUT2D eigenvalue weighted by Gasteiger charge is 2.29. The van der Waals surface area contributed by atoms with Gasteiger partial charge in [-0.15, -0.1) is 0 Å². The molecule has 4 nitrogen and oxygen atoms in total. The van der Waals surface area contributed by atoms with Gasteiger partial charge in [-0.2, -0.15) is 0 Å². The summed E-state index contributed by atoms with van der Waals surface area (Å²) in [5, 5.41) is 22.8. The minimum atomic E-state index is -0.848. The summed E-state index contributed by atoms with van der Waals surface area (Å²) in [5.41, 5.74) is 3.71. The first kappa shape index (κ1) is 9.94. The Morgan fingerprint density at radius 1 is 1.11 bits per heavy atom. The molecule has 0 amide bonds. The number of fused-ring (bicyclic) bond motifs is 5. The number of aliphatic hydroxyl groups excluding tert-OH is 1. The molecule has 0 fully saturated rings. The van der Waals surface area contributed by atoms with Crippen LogP contribution < -0.4 is 5.06 Å². The fourth-order valence-electron chi connectivity index (χ4n) is 2.82. The van der Waals surface area contributed by atoms with Crippen molar-refractivity contribution in [3.63, 3.8) is 0 Å². The normalized spacial score (nSPS) is 18.8. The zero-order valence-corrected chi connectivity index (χ0v) is 9.59. The smallest absolute Gasteiger partial charge is 0.155 e. The van der Waals surface area contributed by atoms with Gasteiger partial charge in [0, 0.05) is 28.2 Å². The van der Waals surface area contributed by atoms with Crippen LogP contribution in [-0.4, -0.2) is 21.5 Å². The number of nitrogens with zero attached hydrogens (tertiary/aromatic N) is 1. The highest BCUT2D eigenvalue weighted by atomic mass is 16.5. The average Bonchev–Trinajstić information content (AvgIpc) is 2.88. The molecule has 1 aliphatic rings. The summed E-state index contributed by atoms with van der Waals surface area (Å²) in [7, 11) is 0. The van der Waals surface area contributed by atoms with Gasteiger partial charge in [-0.05, 0) is 17.7 Å². The number of hydroxylamine groups is 1. The summed E-state index contributed by atoms with van der Waals surface area (Å²) in [6, 6.07) is 11.9. The van der Waals surface area contributed by atoms with Crippen LogP contribution in [0.2, 0.25) is 0 Å². The monoisotopic (exact) mass is 240 g/mol. The molecular weight excluding hydrogens is 228 g/mol. The number of aromatic nitrogens is 1. The molecule has 0 saturated heterocycles. The molecule has 0 radical (unpaired) electrons. The van der Waals surface area contributed by atoms with Crippen molar-refractivity contribution in [2.45, 2.75) is 12.6 Å². The predicted octanol–water partition coefficient (Wildman–Crippen LogP) is 2.39. The van der Waals surface area contributed by atoms with Crippen molar-refractivity contribution in [3.05, 3.63) is 42.0 Å². The van der Waals surface area contributed by atoms with Crippen LogP contribution in [0.25, 0.3) is 21.8 Å². The molecule has 1 aliphatic heterocycles. The average molecular weight is 240 g/mol. The molecule has 3 aromatic rings. The molecule has 2 heterocycles. The molecule has 4 heteroatoms. The Morgan fingerprint density at radius 3 is 2.83 bits per heavy atom. The van der Waals surface area contributed by atoms with Crippen molar-refractivity contribution < 1.29 is 10.3 Å². The zero-order chi connectivity index (χ0) is 12.3. The number of nitrogens with one attached hydrogen (secondary N) is 1. The lowest BCUT2D eigenvalue weighted by atomic mass is 10.1. The molecule has 3 N–H and O–H groups in total. The van der Waals surface area contributed by atoms with Crippen LogP contribution in [0.15, 0.2) is 36.4 Å². The van der Waals surface area contributed by atoms with E-state index in [4.69, 9.17) is 0 Å². The molecule has 0 saturated carbocycles. The van der Waals surface area contributed by atoms with Gasteiger partial charge in [-0.3, -0.25) is 5.21 Å². The summed E-state index contributed by atoms with van der Waals surface area (Å²) in [4.78, 5) is 3.32. The molecule has 0 aliphatic carbocycles. The maximum Gasteiger partial charge on any atom is 0.155 e. The van der Waals surface area contributed by atoms with Crippen molar-refractivity contribution >= 4 is 27.5 Å². The van der Waals surface area contributed by atoms with E-state index in [9.17, 15) is 10.3 Å². The van der Waals surface area contributed by atoms with E-state index in [2.05, 4.69) is 4.98 Å². The molecule has 1 unspecified atom stereocenters. The standard InChI is InChI=1S/C14H12N2O2/c17-12-7-8-5-6-11-13(14(8)16(12)18)9-3-1-2-4-10(9)15-11/h1-6,12,15,17-18H,7H2. The van der Waals surface area contributed by atoms with Gasteiger partial charge >= 0.3 is 0 Å². The molecule has 1 atom stereocenters. The maximum atomic E-state index is 10.00. The summed E-state index contributed by atoms with van der Waals surface area (Å²) in [5.74, 6) is 0. The van der Waals surface area contributed by atoms with Crippen LogP contribution in [-0.2, 0) is 6.42 Å². The largest absolute Gasteiger partial charge is 0.371 e. The summed E-state index contributed by atoms with van der Waals surface area (Å²) >= 11 is 0. The Labute approximate surface area is 103 Å². The SMILES string of the molecule is OC1Cc2ccc3[nH]c4ccccc4c3c2N1O. The minimum Gasteiger partial charge on any atom is -0.371 e. The quantitative estimate of drug-likeness (QED) is 0.565. The van der Waals surface area contributed by atoms with Crippen molar-refractivity contribution in [2.24, 2.45) is 0 Å². The number of anilines is 1. The maximum absolute atomic E-state index is 10.00. The molecule has 2 aromatic carbocycles. The van der Waals surface area contributed by atoms with Crippen molar-refractivity contribution in [1.29, 1.82) is 0 Å². The van der Waals surface area contributed by atoms with Gasteiger partial charge < -0.3 is 10.1 Å². The summed E-state index contributed by atoms with van der Waals surface area (Å²) < 4.78 is 0. The van der Waals surface area contributed by atoms with E-state index in [1.165, 1.54) is 0 Å². The van der Waals surface area contributed by atoms with Crippen molar-refractivity contribution in [1.82, 2.24) is 4.98 Å². The van der Waals surface area contributed by atoms with Gasteiger partial charge in [0.2, 0.25) is 0 Å². The lowest BCUT2D eigenvalue weighted by molar-refractivity contribution is 0.0783. The Kier molecular flexibility index (Phi) is 1.79. The number of aliphatic hydroxyl groups is 1. The number of H-pyrrole nitrogens is 1. The van der Waals surface area contributed by atoms with E-state index in [0.717, 1.165) is 38.1 Å². The predicted molar refractivity (Wildman–Crippen MR) is 69.8 cm³/mol. The molecule has 18 heavy (non-hydrogen) atoms. The van der Waals surface area contributed by atoms with Gasteiger partial charge in [0.15, 0.2) is 6.23 Å². The van der Waals surface area contributed by atoms with Gasteiger partial charge in [0.05, 0.1) is 5.69 Å². The molecule has 1 aromatic heterocycles. The van der Waals surface area contributed by atoms with Crippen LogP contribution in [0.5, 0.6) is 0 Å².